The predicted octanol–water partition coefficient (Wildman–Crippen LogP) is 2.01. The first kappa shape index (κ1) is 15.5. The highest BCUT2D eigenvalue weighted by Gasteiger charge is 2.33. The number of para-hydroxylation sites is 2. The molecule has 0 aliphatic carbocycles. The van der Waals surface area contributed by atoms with Crippen LogP contribution in [0.5, 0.6) is 0 Å². The third-order valence-corrected chi connectivity index (χ3v) is 3.46. The van der Waals surface area contributed by atoms with Gasteiger partial charge in [-0.05, 0) is 12.1 Å². The summed E-state index contributed by atoms with van der Waals surface area (Å²) in [6.45, 7) is 0.318. The van der Waals surface area contributed by atoms with Gasteiger partial charge in [-0.15, -0.1) is 0 Å². The molecule has 0 radical (unpaired) electrons. The molecule has 1 N–H and O–H groups in total. The molecule has 116 valence electrons. The summed E-state index contributed by atoms with van der Waals surface area (Å²) in [5.41, 5.74) is 1.31. The SMILES string of the molecule is CNC(=O)CCN1CCN(CC(F)(F)F)c2ccccc21. The maximum atomic E-state index is 12.6. The van der Waals surface area contributed by atoms with Crippen molar-refractivity contribution in [1.29, 1.82) is 0 Å². The molecule has 0 fully saturated rings. The number of hydrogen-bond acceptors (Lipinski definition) is 3. The van der Waals surface area contributed by atoms with Crippen LogP contribution in [0.25, 0.3) is 0 Å². The molecule has 0 saturated heterocycles. The number of benzene rings is 1. The summed E-state index contributed by atoms with van der Waals surface area (Å²) in [7, 11) is 1.57. The predicted molar refractivity (Wildman–Crippen MR) is 75.6 cm³/mol. The second-order valence-corrected chi connectivity index (χ2v) is 4.94. The van der Waals surface area contributed by atoms with Crippen LogP contribution in [0.15, 0.2) is 24.3 Å². The van der Waals surface area contributed by atoms with E-state index in [1.807, 2.05) is 4.90 Å². The number of alkyl halides is 3. The normalized spacial score (nSPS) is 14.9. The van der Waals surface area contributed by atoms with Crippen molar-refractivity contribution >= 4 is 17.3 Å². The number of nitrogens with one attached hydrogen (secondary N) is 1. The Balaban J connectivity index is 2.14. The fourth-order valence-electron chi connectivity index (χ4n) is 2.46. The van der Waals surface area contributed by atoms with Crippen LogP contribution in [0.2, 0.25) is 0 Å². The van der Waals surface area contributed by atoms with E-state index in [-0.39, 0.29) is 5.91 Å². The molecule has 4 nitrogen and oxygen atoms in total. The standard InChI is InChI=1S/C14H18F3N3O/c1-18-13(21)6-7-19-8-9-20(10-14(15,16)17)12-5-3-2-4-11(12)19/h2-5H,6-10H2,1H3,(H,18,21). The van der Waals surface area contributed by atoms with Gasteiger partial charge in [-0.1, -0.05) is 12.1 Å². The molecule has 1 amide bonds. The molecule has 0 atom stereocenters. The smallest absolute Gasteiger partial charge is 0.368 e. The van der Waals surface area contributed by atoms with E-state index in [0.717, 1.165) is 5.69 Å². The first-order valence-corrected chi connectivity index (χ1v) is 6.77. The Labute approximate surface area is 121 Å². The number of hydrogen-bond donors (Lipinski definition) is 1. The molecule has 1 aliphatic heterocycles. The molecule has 1 aromatic carbocycles. The van der Waals surface area contributed by atoms with E-state index in [0.29, 0.717) is 31.7 Å². The van der Waals surface area contributed by atoms with E-state index in [9.17, 15) is 18.0 Å². The van der Waals surface area contributed by atoms with E-state index in [1.165, 1.54) is 4.90 Å². The third kappa shape index (κ3) is 4.03. The summed E-state index contributed by atoms with van der Waals surface area (Å²) in [5, 5.41) is 2.54. The second kappa shape index (κ2) is 6.24. The van der Waals surface area contributed by atoms with Crippen LogP contribution in [0.1, 0.15) is 6.42 Å². The summed E-state index contributed by atoms with van der Waals surface area (Å²) in [4.78, 5) is 14.6. The Morgan fingerprint density at radius 3 is 2.33 bits per heavy atom. The van der Waals surface area contributed by atoms with Gasteiger partial charge in [-0.25, -0.2) is 0 Å². The van der Waals surface area contributed by atoms with Crippen molar-refractivity contribution in [3.8, 4) is 0 Å². The van der Waals surface area contributed by atoms with Gasteiger partial charge in [0, 0.05) is 33.1 Å². The van der Waals surface area contributed by atoms with Crippen LogP contribution in [-0.4, -0.2) is 45.3 Å². The van der Waals surface area contributed by atoms with Crippen molar-refractivity contribution in [3.63, 3.8) is 0 Å². The summed E-state index contributed by atoms with van der Waals surface area (Å²) >= 11 is 0. The molecule has 2 rings (SSSR count). The zero-order valence-electron chi connectivity index (χ0n) is 11.8. The van der Waals surface area contributed by atoms with Gasteiger partial charge in [-0.3, -0.25) is 4.79 Å². The number of fused-ring (bicyclic) bond motifs is 1. The number of anilines is 2. The highest BCUT2D eigenvalue weighted by atomic mass is 19.4. The highest BCUT2D eigenvalue weighted by molar-refractivity contribution is 5.78. The summed E-state index contributed by atoms with van der Waals surface area (Å²) in [6.07, 6.45) is -3.90. The molecule has 7 heteroatoms. The number of carbonyl (C=O) groups is 1. The Kier molecular flexibility index (Phi) is 4.59. The number of halogens is 3. The maximum absolute atomic E-state index is 12.6. The first-order chi connectivity index (χ1) is 9.90. The molecule has 1 aromatic rings. The van der Waals surface area contributed by atoms with Gasteiger partial charge in [0.1, 0.15) is 6.54 Å². The lowest BCUT2D eigenvalue weighted by Gasteiger charge is -2.39. The maximum Gasteiger partial charge on any atom is 0.405 e. The van der Waals surface area contributed by atoms with E-state index in [1.54, 1.807) is 31.3 Å². The number of nitrogens with zero attached hydrogens (tertiary/aromatic N) is 2. The summed E-state index contributed by atoms with van der Waals surface area (Å²) in [6, 6.07) is 7.00. The molecular formula is C14H18F3N3O. The van der Waals surface area contributed by atoms with Crippen molar-refractivity contribution in [3.05, 3.63) is 24.3 Å². The fourth-order valence-corrected chi connectivity index (χ4v) is 2.46. The minimum Gasteiger partial charge on any atom is -0.368 e. The van der Waals surface area contributed by atoms with Crippen molar-refractivity contribution < 1.29 is 18.0 Å². The quantitative estimate of drug-likeness (QED) is 0.924. The average Bonchev–Trinajstić information content (AvgIpc) is 2.44. The topological polar surface area (TPSA) is 35.6 Å². The Morgan fingerprint density at radius 1 is 1.19 bits per heavy atom. The third-order valence-electron chi connectivity index (χ3n) is 3.46. The lowest BCUT2D eigenvalue weighted by molar-refractivity contribution is -0.120. The zero-order valence-corrected chi connectivity index (χ0v) is 11.8. The molecule has 0 unspecified atom stereocenters. The van der Waals surface area contributed by atoms with Crippen LogP contribution in [-0.2, 0) is 4.79 Å². The van der Waals surface area contributed by atoms with E-state index < -0.39 is 12.7 Å². The molecule has 1 aliphatic rings. The largest absolute Gasteiger partial charge is 0.405 e. The van der Waals surface area contributed by atoms with Crippen LogP contribution in [0.3, 0.4) is 0 Å². The Bertz CT molecular complexity index is 504. The van der Waals surface area contributed by atoms with Crippen molar-refractivity contribution in [1.82, 2.24) is 5.32 Å². The lowest BCUT2D eigenvalue weighted by Crippen LogP contribution is -2.45. The van der Waals surface area contributed by atoms with Crippen LogP contribution >= 0.6 is 0 Å². The number of carbonyl (C=O) groups excluding carboxylic acids is 1. The lowest BCUT2D eigenvalue weighted by atomic mass is 10.1. The van der Waals surface area contributed by atoms with E-state index in [2.05, 4.69) is 5.32 Å². The van der Waals surface area contributed by atoms with Crippen molar-refractivity contribution in [2.24, 2.45) is 0 Å². The van der Waals surface area contributed by atoms with Crippen molar-refractivity contribution in [2.45, 2.75) is 12.6 Å². The van der Waals surface area contributed by atoms with Gasteiger partial charge in [0.2, 0.25) is 5.91 Å². The van der Waals surface area contributed by atoms with E-state index >= 15 is 0 Å². The highest BCUT2D eigenvalue weighted by Crippen LogP contribution is 2.34. The van der Waals surface area contributed by atoms with Crippen LogP contribution < -0.4 is 15.1 Å². The van der Waals surface area contributed by atoms with Crippen LogP contribution in [0, 0.1) is 0 Å². The van der Waals surface area contributed by atoms with Crippen LogP contribution in [0.4, 0.5) is 24.5 Å². The Morgan fingerprint density at radius 2 is 1.76 bits per heavy atom. The minimum absolute atomic E-state index is 0.0785. The first-order valence-electron chi connectivity index (χ1n) is 6.77. The monoisotopic (exact) mass is 301 g/mol. The minimum atomic E-state index is -4.22. The van der Waals surface area contributed by atoms with Gasteiger partial charge in [0.15, 0.2) is 0 Å². The molecular weight excluding hydrogens is 283 g/mol. The Hall–Kier alpha value is -1.92. The number of amides is 1. The molecule has 0 spiro atoms. The van der Waals surface area contributed by atoms with Gasteiger partial charge in [0.25, 0.3) is 0 Å². The summed E-state index contributed by atoms with van der Waals surface area (Å²) in [5.74, 6) is -0.0785. The molecule has 0 saturated carbocycles. The average molecular weight is 301 g/mol. The summed E-state index contributed by atoms with van der Waals surface area (Å²) < 4.78 is 37.9. The zero-order chi connectivity index (χ0) is 15.5. The molecule has 21 heavy (non-hydrogen) atoms. The fraction of sp³-hybridized carbons (Fsp3) is 0.500. The van der Waals surface area contributed by atoms with Gasteiger partial charge in [0.05, 0.1) is 11.4 Å². The van der Waals surface area contributed by atoms with Gasteiger partial charge < -0.3 is 15.1 Å². The van der Waals surface area contributed by atoms with E-state index in [4.69, 9.17) is 0 Å². The van der Waals surface area contributed by atoms with Gasteiger partial charge in [-0.2, -0.15) is 13.2 Å². The molecule has 1 heterocycles. The molecule has 0 bridgehead atoms. The molecule has 0 aromatic heterocycles. The van der Waals surface area contributed by atoms with Gasteiger partial charge >= 0.3 is 6.18 Å². The second-order valence-electron chi connectivity index (χ2n) is 4.94. The number of rotatable bonds is 4. The van der Waals surface area contributed by atoms with Crippen molar-refractivity contribution in [2.75, 3.05) is 43.0 Å².